The number of hydrogen-bond acceptors (Lipinski definition) is 4. The number of hydrogen-bond donors (Lipinski definition) is 0. The second-order valence-electron chi connectivity index (χ2n) is 2.94. The SMILES string of the molecule is COC(=O)c1ncc(C(F)(F)F)nc1C(F)(F)F. The Balaban J connectivity index is 3.44. The van der Waals surface area contributed by atoms with Crippen LogP contribution >= 0.6 is 0 Å². The van der Waals surface area contributed by atoms with Gasteiger partial charge in [0.25, 0.3) is 0 Å². The van der Waals surface area contributed by atoms with Gasteiger partial charge in [-0.3, -0.25) is 0 Å². The van der Waals surface area contributed by atoms with Gasteiger partial charge in [0, 0.05) is 0 Å². The molecule has 0 amide bonds. The topological polar surface area (TPSA) is 52.1 Å². The lowest BCUT2D eigenvalue weighted by Gasteiger charge is -2.12. The van der Waals surface area contributed by atoms with Crippen LogP contribution in [0.1, 0.15) is 21.9 Å². The first-order valence-electron chi connectivity index (χ1n) is 4.17. The minimum absolute atomic E-state index is 0.0293. The van der Waals surface area contributed by atoms with Crippen molar-refractivity contribution in [3.05, 3.63) is 23.3 Å². The van der Waals surface area contributed by atoms with E-state index in [1.54, 1.807) is 0 Å². The molecule has 0 saturated carbocycles. The molecule has 1 heterocycles. The highest BCUT2D eigenvalue weighted by molar-refractivity contribution is 5.88. The van der Waals surface area contributed by atoms with Crippen LogP contribution in [-0.2, 0) is 17.1 Å². The number of carbonyl (C=O) groups is 1. The summed E-state index contributed by atoms with van der Waals surface area (Å²) in [4.78, 5) is 16.1. The molecule has 0 saturated heterocycles. The van der Waals surface area contributed by atoms with E-state index in [9.17, 15) is 31.1 Å². The second kappa shape index (κ2) is 4.42. The maximum absolute atomic E-state index is 12.4. The first-order chi connectivity index (χ1) is 8.07. The van der Waals surface area contributed by atoms with Gasteiger partial charge in [-0.2, -0.15) is 26.3 Å². The van der Waals surface area contributed by atoms with Crippen molar-refractivity contribution in [2.45, 2.75) is 12.4 Å². The van der Waals surface area contributed by atoms with E-state index in [0.29, 0.717) is 0 Å². The average Bonchev–Trinajstić information content (AvgIpc) is 2.24. The summed E-state index contributed by atoms with van der Waals surface area (Å²) in [6.45, 7) is 0. The van der Waals surface area contributed by atoms with Crippen LogP contribution in [0.25, 0.3) is 0 Å². The Kier molecular flexibility index (Phi) is 3.49. The fraction of sp³-hybridized carbons (Fsp3) is 0.375. The molecule has 0 bridgehead atoms. The van der Waals surface area contributed by atoms with Crippen LogP contribution in [0.2, 0.25) is 0 Å². The zero-order valence-corrected chi connectivity index (χ0v) is 8.56. The van der Waals surface area contributed by atoms with Crippen molar-refractivity contribution in [2.75, 3.05) is 7.11 Å². The molecule has 4 nitrogen and oxygen atoms in total. The zero-order chi connectivity index (χ0) is 14.1. The first kappa shape index (κ1) is 14.2. The summed E-state index contributed by atoms with van der Waals surface area (Å²) in [5, 5.41) is 0. The molecule has 10 heteroatoms. The lowest BCUT2D eigenvalue weighted by molar-refractivity contribution is -0.151. The van der Waals surface area contributed by atoms with E-state index in [1.165, 1.54) is 0 Å². The van der Waals surface area contributed by atoms with Crippen molar-refractivity contribution in [1.29, 1.82) is 0 Å². The minimum Gasteiger partial charge on any atom is -0.464 e. The molecule has 1 rings (SSSR count). The highest BCUT2D eigenvalue weighted by Gasteiger charge is 2.42. The number of aromatic nitrogens is 2. The van der Waals surface area contributed by atoms with E-state index >= 15 is 0 Å². The van der Waals surface area contributed by atoms with Gasteiger partial charge in [-0.15, -0.1) is 0 Å². The van der Waals surface area contributed by atoms with Gasteiger partial charge in [-0.1, -0.05) is 0 Å². The summed E-state index contributed by atoms with van der Waals surface area (Å²) in [5.41, 5.74) is -5.20. The molecule has 0 radical (unpaired) electrons. The van der Waals surface area contributed by atoms with Crippen LogP contribution < -0.4 is 0 Å². The van der Waals surface area contributed by atoms with Crippen molar-refractivity contribution in [2.24, 2.45) is 0 Å². The van der Waals surface area contributed by atoms with Crippen LogP contribution in [0.3, 0.4) is 0 Å². The Labute approximate surface area is 95.6 Å². The molecular weight excluding hydrogens is 270 g/mol. The summed E-state index contributed by atoms with van der Waals surface area (Å²) in [5.74, 6) is -1.52. The van der Waals surface area contributed by atoms with Crippen molar-refractivity contribution in [3.63, 3.8) is 0 Å². The Morgan fingerprint density at radius 1 is 1.17 bits per heavy atom. The minimum atomic E-state index is -5.25. The number of nitrogens with zero attached hydrogens (tertiary/aromatic N) is 2. The molecule has 18 heavy (non-hydrogen) atoms. The van der Waals surface area contributed by atoms with Gasteiger partial charge in [0.2, 0.25) is 0 Å². The van der Waals surface area contributed by atoms with Gasteiger partial charge in [-0.05, 0) is 0 Å². The smallest absolute Gasteiger partial charge is 0.435 e. The van der Waals surface area contributed by atoms with E-state index in [4.69, 9.17) is 0 Å². The summed E-state index contributed by atoms with van der Waals surface area (Å²) >= 11 is 0. The maximum Gasteiger partial charge on any atom is 0.435 e. The summed E-state index contributed by atoms with van der Waals surface area (Å²) in [7, 11) is 0.766. The summed E-state index contributed by atoms with van der Waals surface area (Å²) in [6, 6.07) is 0. The number of ether oxygens (including phenoxy) is 1. The lowest BCUT2D eigenvalue weighted by Crippen LogP contribution is -2.21. The van der Waals surface area contributed by atoms with Crippen LogP contribution in [0.5, 0.6) is 0 Å². The molecule has 0 spiro atoms. The predicted molar refractivity (Wildman–Crippen MR) is 43.4 cm³/mol. The van der Waals surface area contributed by atoms with E-state index in [2.05, 4.69) is 14.7 Å². The molecule has 0 atom stereocenters. The van der Waals surface area contributed by atoms with Crippen molar-refractivity contribution in [3.8, 4) is 0 Å². The number of carbonyl (C=O) groups excluding carboxylic acids is 1. The van der Waals surface area contributed by atoms with Crippen LogP contribution in [0.4, 0.5) is 26.3 Å². The maximum atomic E-state index is 12.4. The third kappa shape index (κ3) is 2.87. The molecule has 1 aromatic heterocycles. The largest absolute Gasteiger partial charge is 0.464 e. The molecule has 0 aliphatic heterocycles. The average molecular weight is 274 g/mol. The van der Waals surface area contributed by atoms with E-state index in [0.717, 1.165) is 7.11 Å². The van der Waals surface area contributed by atoms with Crippen LogP contribution in [0.15, 0.2) is 6.20 Å². The van der Waals surface area contributed by atoms with Crippen molar-refractivity contribution in [1.82, 2.24) is 9.97 Å². The Bertz CT molecular complexity index is 468. The molecule has 0 N–H and O–H groups in total. The van der Waals surface area contributed by atoms with E-state index in [-0.39, 0.29) is 6.20 Å². The van der Waals surface area contributed by atoms with Crippen LogP contribution in [0, 0.1) is 0 Å². The predicted octanol–water partition coefficient (Wildman–Crippen LogP) is 2.30. The molecule has 1 aromatic rings. The number of rotatable bonds is 1. The molecular formula is C8H4F6N2O2. The quantitative estimate of drug-likeness (QED) is 0.582. The molecule has 0 fully saturated rings. The molecule has 0 aromatic carbocycles. The monoisotopic (exact) mass is 274 g/mol. The fourth-order valence-electron chi connectivity index (χ4n) is 0.969. The first-order valence-corrected chi connectivity index (χ1v) is 4.17. The van der Waals surface area contributed by atoms with Gasteiger partial charge in [-0.25, -0.2) is 14.8 Å². The highest BCUT2D eigenvalue weighted by Crippen LogP contribution is 2.33. The highest BCUT2D eigenvalue weighted by atomic mass is 19.4. The summed E-state index contributed by atoms with van der Waals surface area (Å²) in [6.07, 6.45) is -10.3. The Morgan fingerprint density at radius 3 is 2.11 bits per heavy atom. The molecule has 100 valence electrons. The van der Waals surface area contributed by atoms with E-state index in [1.807, 2.05) is 0 Å². The fourth-order valence-corrected chi connectivity index (χ4v) is 0.969. The molecule has 0 unspecified atom stereocenters. The number of halogens is 6. The molecule has 0 aliphatic rings. The van der Waals surface area contributed by atoms with Gasteiger partial charge in [0.05, 0.1) is 13.3 Å². The third-order valence-corrected chi connectivity index (χ3v) is 1.71. The van der Waals surface area contributed by atoms with Crippen molar-refractivity contribution >= 4 is 5.97 Å². The van der Waals surface area contributed by atoms with Gasteiger partial charge < -0.3 is 4.74 Å². The second-order valence-corrected chi connectivity index (χ2v) is 2.94. The normalized spacial score (nSPS) is 12.4. The number of esters is 1. The van der Waals surface area contributed by atoms with Gasteiger partial charge in [0.15, 0.2) is 17.1 Å². The lowest BCUT2D eigenvalue weighted by atomic mass is 10.2. The standard InChI is InChI=1S/C8H4F6N2O2/c1-18-6(17)4-5(8(12,13)14)16-3(2-15-4)7(9,10)11/h2H,1H3. The summed E-state index contributed by atoms with van der Waals surface area (Å²) < 4.78 is 77.8. The van der Waals surface area contributed by atoms with Crippen LogP contribution in [-0.4, -0.2) is 23.0 Å². The van der Waals surface area contributed by atoms with Crippen molar-refractivity contribution < 1.29 is 35.9 Å². The van der Waals surface area contributed by atoms with E-state index < -0.39 is 35.4 Å². The number of alkyl halides is 6. The number of methoxy groups -OCH3 is 1. The zero-order valence-electron chi connectivity index (χ0n) is 8.56. The van der Waals surface area contributed by atoms with Gasteiger partial charge in [0.1, 0.15) is 0 Å². The third-order valence-electron chi connectivity index (χ3n) is 1.71. The Hall–Kier alpha value is -1.87. The molecule has 0 aliphatic carbocycles. The van der Waals surface area contributed by atoms with Gasteiger partial charge >= 0.3 is 18.3 Å². The Morgan fingerprint density at radius 2 is 1.72 bits per heavy atom.